The van der Waals surface area contributed by atoms with Crippen LogP contribution in [0.5, 0.6) is 0 Å². The lowest BCUT2D eigenvalue weighted by molar-refractivity contribution is -0.129. The molecule has 3 rings (SSSR count). The number of amides is 2. The molecule has 0 spiro atoms. The first-order valence-electron chi connectivity index (χ1n) is 7.53. The van der Waals surface area contributed by atoms with Gasteiger partial charge in [-0.3, -0.25) is 9.59 Å². The van der Waals surface area contributed by atoms with Gasteiger partial charge in [-0.15, -0.1) is 11.3 Å². The lowest BCUT2D eigenvalue weighted by Gasteiger charge is -2.14. The molecule has 2 aromatic rings. The second kappa shape index (κ2) is 7.28. The molecule has 1 N–H and O–H groups in total. The predicted octanol–water partition coefficient (Wildman–Crippen LogP) is 1.34. The molecule has 1 aliphatic rings. The topological polar surface area (TPSA) is 88.1 Å². The molecule has 3 heterocycles. The number of nitrogens with one attached hydrogen (secondary N) is 1. The molecular weight excluding hydrogens is 314 g/mol. The molecule has 0 bridgehead atoms. The van der Waals surface area contributed by atoms with Crippen LogP contribution in [-0.4, -0.2) is 51.3 Å². The van der Waals surface area contributed by atoms with E-state index in [2.05, 4.69) is 20.3 Å². The lowest BCUT2D eigenvalue weighted by atomic mass is 10.3. The van der Waals surface area contributed by atoms with Crippen LogP contribution in [0.4, 0.5) is 0 Å². The van der Waals surface area contributed by atoms with E-state index >= 15 is 0 Å². The summed E-state index contributed by atoms with van der Waals surface area (Å²) in [4.78, 5) is 38.3. The molecule has 2 aromatic heterocycles. The van der Waals surface area contributed by atoms with Crippen LogP contribution in [0.3, 0.4) is 0 Å². The maximum absolute atomic E-state index is 12.1. The van der Waals surface area contributed by atoms with Gasteiger partial charge in [-0.2, -0.15) is 0 Å². The first-order chi connectivity index (χ1) is 11.2. The van der Waals surface area contributed by atoms with Crippen molar-refractivity contribution in [2.45, 2.75) is 19.3 Å². The van der Waals surface area contributed by atoms with Crippen molar-refractivity contribution in [3.63, 3.8) is 0 Å². The van der Waals surface area contributed by atoms with Gasteiger partial charge in [-0.25, -0.2) is 15.0 Å². The molecule has 0 aromatic carbocycles. The van der Waals surface area contributed by atoms with Gasteiger partial charge in [-0.05, 0) is 18.9 Å². The molecule has 0 radical (unpaired) electrons. The Balaban J connectivity index is 1.51. The van der Waals surface area contributed by atoms with Gasteiger partial charge in [0.15, 0.2) is 10.8 Å². The smallest absolute Gasteiger partial charge is 0.270 e. The van der Waals surface area contributed by atoms with Gasteiger partial charge in [0.2, 0.25) is 5.91 Å². The summed E-state index contributed by atoms with van der Waals surface area (Å²) >= 11 is 1.32. The number of carbonyl (C=O) groups is 2. The molecule has 7 nitrogen and oxygen atoms in total. The van der Waals surface area contributed by atoms with E-state index in [1.54, 1.807) is 23.8 Å². The minimum absolute atomic E-state index is 0.0967. The summed E-state index contributed by atoms with van der Waals surface area (Å²) in [7, 11) is 0. The molecule has 2 amide bonds. The summed E-state index contributed by atoms with van der Waals surface area (Å²) in [6, 6.07) is 1.72. The van der Waals surface area contributed by atoms with Crippen molar-refractivity contribution >= 4 is 23.2 Å². The highest BCUT2D eigenvalue weighted by molar-refractivity contribution is 7.13. The Kier molecular flexibility index (Phi) is 4.92. The quantitative estimate of drug-likeness (QED) is 0.893. The van der Waals surface area contributed by atoms with Gasteiger partial charge >= 0.3 is 0 Å². The van der Waals surface area contributed by atoms with E-state index in [1.807, 2.05) is 4.90 Å². The second-order valence-corrected chi connectivity index (χ2v) is 6.06. The summed E-state index contributed by atoms with van der Waals surface area (Å²) in [5.74, 6) is 0.317. The third-order valence-corrected chi connectivity index (χ3v) is 4.42. The highest BCUT2D eigenvalue weighted by atomic mass is 32.1. The zero-order valence-electron chi connectivity index (χ0n) is 12.6. The second-order valence-electron chi connectivity index (χ2n) is 5.20. The normalized spacial score (nSPS) is 14.0. The van der Waals surface area contributed by atoms with Crippen molar-refractivity contribution in [1.82, 2.24) is 25.2 Å². The van der Waals surface area contributed by atoms with Crippen LogP contribution in [0.25, 0.3) is 10.8 Å². The Morgan fingerprint density at radius 1 is 1.22 bits per heavy atom. The van der Waals surface area contributed by atoms with E-state index in [0.29, 0.717) is 29.5 Å². The standard InChI is InChI=1S/C15H17N5O2S/c21-12(20-8-1-2-9-20)4-7-18-14(22)11-10-23-15(19-11)13-16-5-3-6-17-13/h3,5-6,10H,1-2,4,7-9H2,(H,18,22). The van der Waals surface area contributed by atoms with Crippen LogP contribution < -0.4 is 5.32 Å². The van der Waals surface area contributed by atoms with Crippen molar-refractivity contribution in [1.29, 1.82) is 0 Å². The van der Waals surface area contributed by atoms with Gasteiger partial charge in [0.1, 0.15) is 5.69 Å². The number of hydrogen-bond donors (Lipinski definition) is 1. The summed E-state index contributed by atoms with van der Waals surface area (Å²) in [6.45, 7) is 1.99. The highest BCUT2D eigenvalue weighted by Gasteiger charge is 2.18. The van der Waals surface area contributed by atoms with Gasteiger partial charge in [0.05, 0.1) is 0 Å². The highest BCUT2D eigenvalue weighted by Crippen LogP contribution is 2.19. The largest absolute Gasteiger partial charge is 0.350 e. The summed E-state index contributed by atoms with van der Waals surface area (Å²) < 4.78 is 0. The van der Waals surface area contributed by atoms with Gasteiger partial charge in [-0.1, -0.05) is 0 Å². The Morgan fingerprint density at radius 3 is 2.70 bits per heavy atom. The van der Waals surface area contributed by atoms with Crippen molar-refractivity contribution in [2.24, 2.45) is 0 Å². The Labute approximate surface area is 137 Å². The third-order valence-electron chi connectivity index (χ3n) is 3.58. The molecule has 0 unspecified atom stereocenters. The maximum atomic E-state index is 12.1. The Hall–Kier alpha value is -2.35. The van der Waals surface area contributed by atoms with Gasteiger partial charge < -0.3 is 10.2 Å². The fourth-order valence-electron chi connectivity index (χ4n) is 2.39. The van der Waals surface area contributed by atoms with E-state index in [4.69, 9.17) is 0 Å². The van der Waals surface area contributed by atoms with E-state index in [0.717, 1.165) is 25.9 Å². The average Bonchev–Trinajstić information content (AvgIpc) is 3.27. The van der Waals surface area contributed by atoms with Crippen molar-refractivity contribution < 1.29 is 9.59 Å². The van der Waals surface area contributed by atoms with Crippen molar-refractivity contribution in [3.05, 3.63) is 29.5 Å². The maximum Gasteiger partial charge on any atom is 0.270 e. The molecule has 23 heavy (non-hydrogen) atoms. The predicted molar refractivity (Wildman–Crippen MR) is 85.9 cm³/mol. The molecular formula is C15H17N5O2S. The minimum Gasteiger partial charge on any atom is -0.350 e. The first kappa shape index (κ1) is 15.5. The number of hydrogen-bond acceptors (Lipinski definition) is 6. The van der Waals surface area contributed by atoms with Crippen molar-refractivity contribution in [2.75, 3.05) is 19.6 Å². The summed E-state index contributed by atoms with van der Waals surface area (Å²) in [5, 5.41) is 5.01. The molecule has 1 fully saturated rings. The number of carbonyl (C=O) groups excluding carboxylic acids is 2. The fraction of sp³-hybridized carbons (Fsp3) is 0.400. The van der Waals surface area contributed by atoms with Crippen LogP contribution in [0.15, 0.2) is 23.8 Å². The van der Waals surface area contributed by atoms with Gasteiger partial charge in [0, 0.05) is 43.8 Å². The van der Waals surface area contributed by atoms with Crippen LogP contribution >= 0.6 is 11.3 Å². The molecule has 8 heteroatoms. The molecule has 0 atom stereocenters. The number of rotatable bonds is 5. The van der Waals surface area contributed by atoms with E-state index in [9.17, 15) is 9.59 Å². The lowest BCUT2D eigenvalue weighted by Crippen LogP contribution is -2.32. The minimum atomic E-state index is -0.280. The van der Waals surface area contributed by atoms with Crippen molar-refractivity contribution in [3.8, 4) is 10.8 Å². The zero-order chi connectivity index (χ0) is 16.1. The Bertz CT molecular complexity index is 682. The monoisotopic (exact) mass is 331 g/mol. The van der Waals surface area contributed by atoms with Gasteiger partial charge in [0.25, 0.3) is 5.91 Å². The number of thiazole rings is 1. The van der Waals surface area contributed by atoms with Crippen LogP contribution in [0.1, 0.15) is 29.8 Å². The molecule has 1 aliphatic heterocycles. The van der Waals surface area contributed by atoms with E-state index in [1.165, 1.54) is 11.3 Å². The molecule has 120 valence electrons. The zero-order valence-corrected chi connectivity index (χ0v) is 13.4. The first-order valence-corrected chi connectivity index (χ1v) is 8.41. The SMILES string of the molecule is O=C(NCCC(=O)N1CCCC1)c1csc(-c2ncccn2)n1. The fourth-order valence-corrected chi connectivity index (χ4v) is 3.13. The van der Waals surface area contributed by atoms with E-state index < -0.39 is 0 Å². The number of nitrogens with zero attached hydrogens (tertiary/aromatic N) is 4. The van der Waals surface area contributed by atoms with Crippen LogP contribution in [0.2, 0.25) is 0 Å². The molecule has 0 saturated carbocycles. The number of likely N-dealkylation sites (tertiary alicyclic amines) is 1. The Morgan fingerprint density at radius 2 is 1.96 bits per heavy atom. The summed E-state index contributed by atoms with van der Waals surface area (Å²) in [5.41, 5.74) is 0.325. The third kappa shape index (κ3) is 3.89. The number of aromatic nitrogens is 3. The molecule has 1 saturated heterocycles. The average molecular weight is 331 g/mol. The van der Waals surface area contributed by atoms with Crippen LogP contribution in [-0.2, 0) is 4.79 Å². The summed E-state index contributed by atoms with van der Waals surface area (Å²) in [6.07, 6.45) is 5.73. The molecule has 0 aliphatic carbocycles. The van der Waals surface area contributed by atoms with E-state index in [-0.39, 0.29) is 11.8 Å². The van der Waals surface area contributed by atoms with Crippen LogP contribution in [0, 0.1) is 0 Å².